The molecule has 2 heteroatoms. The van der Waals surface area contributed by atoms with Gasteiger partial charge in [0.15, 0.2) is 0 Å². The molecule has 0 amide bonds. The van der Waals surface area contributed by atoms with Gasteiger partial charge in [-0.25, -0.2) is 0 Å². The van der Waals surface area contributed by atoms with Crippen molar-refractivity contribution >= 4 is 0 Å². The van der Waals surface area contributed by atoms with Gasteiger partial charge in [-0.1, -0.05) is 12.1 Å². The van der Waals surface area contributed by atoms with Crippen LogP contribution in [-0.2, 0) is 4.74 Å². The third kappa shape index (κ3) is 1.66. The zero-order chi connectivity index (χ0) is 9.10. The number of methoxy groups -OCH3 is 1. The minimum absolute atomic E-state index is 0.200. The molecular weight excluding hydrogens is 164 g/mol. The van der Waals surface area contributed by atoms with Crippen LogP contribution in [-0.4, -0.2) is 7.11 Å². The Labute approximate surface area is 77.8 Å². The SMILES string of the molecule is COc1ccc([C@H]2CC=CO2)cc1. The van der Waals surface area contributed by atoms with Crippen molar-refractivity contribution in [2.75, 3.05) is 7.11 Å². The average Bonchev–Trinajstić information content (AvgIpc) is 2.71. The minimum Gasteiger partial charge on any atom is -0.497 e. The first-order valence-electron chi connectivity index (χ1n) is 4.34. The van der Waals surface area contributed by atoms with E-state index < -0.39 is 0 Å². The Morgan fingerprint density at radius 3 is 2.62 bits per heavy atom. The lowest BCUT2D eigenvalue weighted by Crippen LogP contribution is -1.94. The Hall–Kier alpha value is -1.44. The summed E-state index contributed by atoms with van der Waals surface area (Å²) in [6, 6.07) is 7.99. The van der Waals surface area contributed by atoms with Crippen molar-refractivity contribution in [3.63, 3.8) is 0 Å². The largest absolute Gasteiger partial charge is 0.497 e. The molecule has 1 aliphatic heterocycles. The number of ether oxygens (including phenoxy) is 2. The Bertz CT molecular complexity index is 292. The van der Waals surface area contributed by atoms with Gasteiger partial charge in [-0.05, 0) is 23.8 Å². The molecule has 0 saturated carbocycles. The van der Waals surface area contributed by atoms with Crippen LogP contribution in [0.2, 0.25) is 0 Å². The second kappa shape index (κ2) is 3.52. The summed E-state index contributed by atoms with van der Waals surface area (Å²) in [5, 5.41) is 0. The van der Waals surface area contributed by atoms with Crippen molar-refractivity contribution in [1.82, 2.24) is 0 Å². The van der Waals surface area contributed by atoms with Crippen LogP contribution in [0.1, 0.15) is 18.1 Å². The molecule has 0 N–H and O–H groups in total. The van der Waals surface area contributed by atoms with Crippen LogP contribution in [0, 0.1) is 0 Å². The number of benzene rings is 1. The van der Waals surface area contributed by atoms with Gasteiger partial charge in [0.05, 0.1) is 13.4 Å². The third-order valence-corrected chi connectivity index (χ3v) is 2.18. The normalized spacial score (nSPS) is 19.9. The highest BCUT2D eigenvalue weighted by atomic mass is 16.5. The molecule has 0 aromatic heterocycles. The van der Waals surface area contributed by atoms with Crippen LogP contribution < -0.4 is 4.74 Å². The Balaban J connectivity index is 2.13. The van der Waals surface area contributed by atoms with Crippen LogP contribution in [0.25, 0.3) is 0 Å². The van der Waals surface area contributed by atoms with Crippen molar-refractivity contribution in [3.05, 3.63) is 42.2 Å². The molecule has 1 heterocycles. The Morgan fingerprint density at radius 2 is 2.08 bits per heavy atom. The van der Waals surface area contributed by atoms with E-state index in [4.69, 9.17) is 9.47 Å². The molecule has 0 fully saturated rings. The van der Waals surface area contributed by atoms with Gasteiger partial charge < -0.3 is 9.47 Å². The third-order valence-electron chi connectivity index (χ3n) is 2.18. The van der Waals surface area contributed by atoms with Gasteiger partial charge in [0, 0.05) is 6.42 Å². The van der Waals surface area contributed by atoms with Gasteiger partial charge in [0.1, 0.15) is 11.9 Å². The summed E-state index contributed by atoms with van der Waals surface area (Å²) >= 11 is 0. The van der Waals surface area contributed by atoms with E-state index in [9.17, 15) is 0 Å². The summed E-state index contributed by atoms with van der Waals surface area (Å²) in [5.74, 6) is 0.884. The van der Waals surface area contributed by atoms with Gasteiger partial charge >= 0.3 is 0 Å². The first kappa shape index (κ1) is 8.17. The lowest BCUT2D eigenvalue weighted by Gasteiger charge is -2.10. The summed E-state index contributed by atoms with van der Waals surface area (Å²) < 4.78 is 10.5. The van der Waals surface area contributed by atoms with E-state index in [1.54, 1.807) is 13.4 Å². The maximum atomic E-state index is 5.39. The van der Waals surface area contributed by atoms with Crippen LogP contribution >= 0.6 is 0 Å². The van der Waals surface area contributed by atoms with Gasteiger partial charge in [0.25, 0.3) is 0 Å². The van der Waals surface area contributed by atoms with E-state index in [0.29, 0.717) is 0 Å². The van der Waals surface area contributed by atoms with E-state index in [-0.39, 0.29) is 6.10 Å². The molecule has 1 atom stereocenters. The van der Waals surface area contributed by atoms with E-state index in [1.807, 2.05) is 30.3 Å². The number of hydrogen-bond donors (Lipinski definition) is 0. The van der Waals surface area contributed by atoms with Crippen molar-refractivity contribution < 1.29 is 9.47 Å². The van der Waals surface area contributed by atoms with Gasteiger partial charge in [-0.15, -0.1) is 0 Å². The molecule has 0 bridgehead atoms. The molecule has 1 aliphatic rings. The maximum Gasteiger partial charge on any atom is 0.126 e. The van der Waals surface area contributed by atoms with E-state index >= 15 is 0 Å². The molecular formula is C11H12O2. The molecule has 0 spiro atoms. The molecule has 2 nitrogen and oxygen atoms in total. The van der Waals surface area contributed by atoms with Crippen molar-refractivity contribution in [2.45, 2.75) is 12.5 Å². The van der Waals surface area contributed by atoms with Gasteiger partial charge in [0.2, 0.25) is 0 Å². The molecule has 0 radical (unpaired) electrons. The minimum atomic E-state index is 0.200. The predicted molar refractivity (Wildman–Crippen MR) is 50.6 cm³/mol. The summed E-state index contributed by atoms with van der Waals surface area (Å²) in [6.07, 6.45) is 4.96. The van der Waals surface area contributed by atoms with Crippen molar-refractivity contribution in [3.8, 4) is 5.75 Å². The topological polar surface area (TPSA) is 18.5 Å². The Morgan fingerprint density at radius 1 is 1.31 bits per heavy atom. The summed E-state index contributed by atoms with van der Waals surface area (Å²) in [7, 11) is 1.67. The first-order valence-corrected chi connectivity index (χ1v) is 4.34. The second-order valence-corrected chi connectivity index (χ2v) is 3.01. The number of rotatable bonds is 2. The maximum absolute atomic E-state index is 5.39. The lowest BCUT2D eigenvalue weighted by molar-refractivity contribution is 0.173. The molecule has 13 heavy (non-hydrogen) atoms. The van der Waals surface area contributed by atoms with Gasteiger partial charge in [-0.3, -0.25) is 0 Å². The molecule has 0 saturated heterocycles. The zero-order valence-corrected chi connectivity index (χ0v) is 7.57. The quantitative estimate of drug-likeness (QED) is 0.689. The van der Waals surface area contributed by atoms with Gasteiger partial charge in [-0.2, -0.15) is 0 Å². The zero-order valence-electron chi connectivity index (χ0n) is 7.57. The molecule has 1 aromatic carbocycles. The summed E-state index contributed by atoms with van der Waals surface area (Å²) in [5.41, 5.74) is 1.20. The fraction of sp³-hybridized carbons (Fsp3) is 0.273. The lowest BCUT2D eigenvalue weighted by atomic mass is 10.1. The highest BCUT2D eigenvalue weighted by Crippen LogP contribution is 2.27. The van der Waals surface area contributed by atoms with Crippen LogP contribution in [0.3, 0.4) is 0 Å². The molecule has 2 rings (SSSR count). The van der Waals surface area contributed by atoms with E-state index in [2.05, 4.69) is 0 Å². The van der Waals surface area contributed by atoms with E-state index in [0.717, 1.165) is 12.2 Å². The predicted octanol–water partition coefficient (Wildman–Crippen LogP) is 2.67. The number of hydrogen-bond acceptors (Lipinski definition) is 2. The second-order valence-electron chi connectivity index (χ2n) is 3.01. The van der Waals surface area contributed by atoms with Crippen LogP contribution in [0.15, 0.2) is 36.6 Å². The molecule has 0 aliphatic carbocycles. The molecule has 0 unspecified atom stereocenters. The fourth-order valence-corrected chi connectivity index (χ4v) is 1.42. The first-order chi connectivity index (χ1) is 6.40. The summed E-state index contributed by atoms with van der Waals surface area (Å²) in [6.45, 7) is 0. The Kier molecular flexibility index (Phi) is 2.21. The van der Waals surface area contributed by atoms with Crippen LogP contribution in [0.4, 0.5) is 0 Å². The van der Waals surface area contributed by atoms with E-state index in [1.165, 1.54) is 5.56 Å². The summed E-state index contributed by atoms with van der Waals surface area (Å²) in [4.78, 5) is 0. The monoisotopic (exact) mass is 176 g/mol. The highest BCUT2D eigenvalue weighted by molar-refractivity contribution is 5.29. The van der Waals surface area contributed by atoms with Crippen molar-refractivity contribution in [1.29, 1.82) is 0 Å². The molecule has 1 aromatic rings. The molecule has 68 valence electrons. The highest BCUT2D eigenvalue weighted by Gasteiger charge is 2.13. The standard InChI is InChI=1S/C11H12O2/c1-12-10-6-4-9(5-7-10)11-3-2-8-13-11/h2,4-8,11H,3H2,1H3/t11-/m1/s1. The average molecular weight is 176 g/mol. The van der Waals surface area contributed by atoms with Crippen LogP contribution in [0.5, 0.6) is 5.75 Å². The smallest absolute Gasteiger partial charge is 0.126 e. The van der Waals surface area contributed by atoms with Crippen molar-refractivity contribution in [2.24, 2.45) is 0 Å². The fourth-order valence-electron chi connectivity index (χ4n) is 1.42.